The average Bonchev–Trinajstić information content (AvgIpc) is 2.46. The maximum Gasteiger partial charge on any atom is 0.222 e. The van der Waals surface area contributed by atoms with Crippen LogP contribution >= 0.6 is 0 Å². The minimum Gasteiger partial charge on any atom is -0.343 e. The van der Waals surface area contributed by atoms with Gasteiger partial charge in [-0.25, -0.2) is 0 Å². The van der Waals surface area contributed by atoms with Crippen LogP contribution in [-0.4, -0.2) is 54.5 Å². The van der Waals surface area contributed by atoms with Gasteiger partial charge in [0.15, 0.2) is 0 Å². The first-order chi connectivity index (χ1) is 9.60. The van der Waals surface area contributed by atoms with Gasteiger partial charge in [0.1, 0.15) is 0 Å². The molecule has 4 nitrogen and oxygen atoms in total. The number of amides is 1. The third kappa shape index (κ3) is 4.19. The fourth-order valence-corrected chi connectivity index (χ4v) is 3.74. The topological polar surface area (TPSA) is 49.6 Å². The molecule has 2 fully saturated rings. The predicted molar refractivity (Wildman–Crippen MR) is 82.5 cm³/mol. The molecule has 0 bridgehead atoms. The van der Waals surface area contributed by atoms with Gasteiger partial charge in [0.2, 0.25) is 5.91 Å². The van der Waals surface area contributed by atoms with Crippen LogP contribution in [0.25, 0.3) is 0 Å². The normalized spacial score (nSPS) is 29.4. The molecule has 2 atom stereocenters. The van der Waals surface area contributed by atoms with E-state index in [0.717, 1.165) is 45.3 Å². The molecule has 0 radical (unpaired) electrons. The molecule has 1 saturated heterocycles. The molecule has 0 aromatic rings. The highest BCUT2D eigenvalue weighted by molar-refractivity contribution is 5.76. The standard InChI is InChI=1S/C16H31N3O/c1-3-19-9-7-15(8-10-19)18(2)16(20)12-13-5-4-6-14(17)11-13/h13-15H,3-12,17H2,1-2H3. The zero-order chi connectivity index (χ0) is 14.5. The second-order valence-corrected chi connectivity index (χ2v) is 6.67. The Kier molecular flexibility index (Phi) is 5.85. The molecular weight excluding hydrogens is 250 g/mol. The summed E-state index contributed by atoms with van der Waals surface area (Å²) in [6, 6.07) is 0.766. The van der Waals surface area contributed by atoms with E-state index in [9.17, 15) is 4.79 Å². The quantitative estimate of drug-likeness (QED) is 0.855. The number of carbonyl (C=O) groups excluding carboxylic acids is 1. The molecule has 1 amide bonds. The summed E-state index contributed by atoms with van der Waals surface area (Å²) in [6.45, 7) is 5.60. The van der Waals surface area contributed by atoms with Gasteiger partial charge in [0, 0.05) is 38.6 Å². The van der Waals surface area contributed by atoms with Gasteiger partial charge in [-0.15, -0.1) is 0 Å². The molecule has 1 aliphatic heterocycles. The average molecular weight is 281 g/mol. The Balaban J connectivity index is 1.77. The molecular formula is C16H31N3O. The van der Waals surface area contributed by atoms with Crippen molar-refractivity contribution in [1.82, 2.24) is 9.80 Å². The van der Waals surface area contributed by atoms with Crippen LogP contribution in [0.4, 0.5) is 0 Å². The van der Waals surface area contributed by atoms with Crippen molar-refractivity contribution in [3.63, 3.8) is 0 Å². The summed E-state index contributed by atoms with van der Waals surface area (Å²) in [7, 11) is 2.00. The smallest absolute Gasteiger partial charge is 0.222 e. The van der Waals surface area contributed by atoms with Crippen molar-refractivity contribution in [2.24, 2.45) is 11.7 Å². The minimum atomic E-state index is 0.319. The lowest BCUT2D eigenvalue weighted by atomic mass is 9.84. The highest BCUT2D eigenvalue weighted by Gasteiger charge is 2.27. The highest BCUT2D eigenvalue weighted by atomic mass is 16.2. The van der Waals surface area contributed by atoms with Crippen LogP contribution in [0.2, 0.25) is 0 Å². The Bertz CT molecular complexity index is 313. The summed E-state index contributed by atoms with van der Waals surface area (Å²) in [5, 5.41) is 0. The van der Waals surface area contributed by atoms with Gasteiger partial charge in [-0.05, 0) is 44.6 Å². The van der Waals surface area contributed by atoms with E-state index >= 15 is 0 Å². The van der Waals surface area contributed by atoms with Crippen molar-refractivity contribution in [1.29, 1.82) is 0 Å². The van der Waals surface area contributed by atoms with Crippen LogP contribution in [0.3, 0.4) is 0 Å². The molecule has 116 valence electrons. The molecule has 1 heterocycles. The number of carbonyl (C=O) groups is 1. The Morgan fingerprint density at radius 3 is 2.55 bits per heavy atom. The maximum absolute atomic E-state index is 12.4. The van der Waals surface area contributed by atoms with Crippen LogP contribution in [0, 0.1) is 5.92 Å². The zero-order valence-electron chi connectivity index (χ0n) is 13.2. The molecule has 2 N–H and O–H groups in total. The first-order valence-corrected chi connectivity index (χ1v) is 8.33. The molecule has 2 rings (SSSR count). The van der Waals surface area contributed by atoms with Crippen molar-refractivity contribution in [2.45, 2.75) is 64.0 Å². The van der Waals surface area contributed by atoms with Gasteiger partial charge >= 0.3 is 0 Å². The van der Waals surface area contributed by atoms with Crippen molar-refractivity contribution in [3.05, 3.63) is 0 Å². The number of hydrogen-bond acceptors (Lipinski definition) is 3. The second-order valence-electron chi connectivity index (χ2n) is 6.67. The fraction of sp³-hybridized carbons (Fsp3) is 0.938. The largest absolute Gasteiger partial charge is 0.343 e. The Hall–Kier alpha value is -0.610. The Morgan fingerprint density at radius 1 is 1.25 bits per heavy atom. The van der Waals surface area contributed by atoms with E-state index in [-0.39, 0.29) is 0 Å². The number of piperidine rings is 1. The third-order valence-electron chi connectivity index (χ3n) is 5.23. The van der Waals surface area contributed by atoms with Crippen LogP contribution in [0.15, 0.2) is 0 Å². The number of nitrogens with zero attached hydrogens (tertiary/aromatic N) is 2. The number of likely N-dealkylation sites (tertiary alicyclic amines) is 1. The summed E-state index contributed by atoms with van der Waals surface area (Å²) in [6.07, 6.45) is 7.50. The van der Waals surface area contributed by atoms with E-state index in [0.29, 0.717) is 30.3 Å². The van der Waals surface area contributed by atoms with Crippen molar-refractivity contribution >= 4 is 5.91 Å². The van der Waals surface area contributed by atoms with Crippen molar-refractivity contribution in [2.75, 3.05) is 26.7 Å². The van der Waals surface area contributed by atoms with Crippen LogP contribution in [0.5, 0.6) is 0 Å². The lowest BCUT2D eigenvalue weighted by Crippen LogP contribution is -2.46. The Morgan fingerprint density at radius 2 is 1.95 bits per heavy atom. The van der Waals surface area contributed by atoms with E-state index in [4.69, 9.17) is 5.73 Å². The van der Waals surface area contributed by atoms with Gasteiger partial charge in [-0.2, -0.15) is 0 Å². The van der Waals surface area contributed by atoms with E-state index in [1.807, 2.05) is 11.9 Å². The molecule has 4 heteroatoms. The van der Waals surface area contributed by atoms with Gasteiger partial charge in [0.05, 0.1) is 0 Å². The lowest BCUT2D eigenvalue weighted by Gasteiger charge is -2.37. The first kappa shape index (κ1) is 15.8. The lowest BCUT2D eigenvalue weighted by molar-refractivity contribution is -0.134. The summed E-state index contributed by atoms with van der Waals surface area (Å²) in [5.41, 5.74) is 6.02. The van der Waals surface area contributed by atoms with Gasteiger partial charge in [-0.3, -0.25) is 4.79 Å². The molecule has 2 aliphatic rings. The van der Waals surface area contributed by atoms with Crippen LogP contribution in [0.1, 0.15) is 51.9 Å². The number of rotatable bonds is 4. The van der Waals surface area contributed by atoms with E-state index in [2.05, 4.69) is 11.8 Å². The van der Waals surface area contributed by atoms with Crippen molar-refractivity contribution in [3.8, 4) is 0 Å². The Labute approximate surface area is 123 Å². The second kappa shape index (κ2) is 7.41. The molecule has 0 aromatic heterocycles. The molecule has 1 aliphatic carbocycles. The van der Waals surface area contributed by atoms with Crippen LogP contribution in [-0.2, 0) is 4.79 Å². The molecule has 0 aromatic carbocycles. The molecule has 2 unspecified atom stereocenters. The number of nitrogens with two attached hydrogens (primary N) is 1. The molecule has 0 spiro atoms. The zero-order valence-corrected chi connectivity index (χ0v) is 13.2. The summed E-state index contributed by atoms with van der Waals surface area (Å²) >= 11 is 0. The summed E-state index contributed by atoms with van der Waals surface area (Å²) in [4.78, 5) is 16.9. The maximum atomic E-state index is 12.4. The molecule has 20 heavy (non-hydrogen) atoms. The minimum absolute atomic E-state index is 0.319. The summed E-state index contributed by atoms with van der Waals surface area (Å²) in [5.74, 6) is 0.850. The van der Waals surface area contributed by atoms with Gasteiger partial charge in [-0.1, -0.05) is 13.3 Å². The van der Waals surface area contributed by atoms with E-state index in [1.165, 1.54) is 12.8 Å². The first-order valence-electron chi connectivity index (χ1n) is 8.33. The SMILES string of the molecule is CCN1CCC(N(C)C(=O)CC2CCCC(N)C2)CC1. The fourth-order valence-electron chi connectivity index (χ4n) is 3.74. The van der Waals surface area contributed by atoms with Gasteiger partial charge in [0.25, 0.3) is 0 Å². The summed E-state index contributed by atoms with van der Waals surface area (Å²) < 4.78 is 0. The third-order valence-corrected chi connectivity index (χ3v) is 5.23. The van der Waals surface area contributed by atoms with Crippen LogP contribution < -0.4 is 5.73 Å². The van der Waals surface area contributed by atoms with Gasteiger partial charge < -0.3 is 15.5 Å². The van der Waals surface area contributed by atoms with E-state index < -0.39 is 0 Å². The number of hydrogen-bond donors (Lipinski definition) is 1. The predicted octanol–water partition coefficient (Wildman–Crippen LogP) is 1.84. The van der Waals surface area contributed by atoms with Crippen molar-refractivity contribution < 1.29 is 4.79 Å². The highest BCUT2D eigenvalue weighted by Crippen LogP contribution is 2.27. The monoisotopic (exact) mass is 281 g/mol. The van der Waals surface area contributed by atoms with E-state index in [1.54, 1.807) is 0 Å². The molecule has 1 saturated carbocycles.